The fourth-order valence-corrected chi connectivity index (χ4v) is 4.71. The quantitative estimate of drug-likeness (QED) is 0.386. The Balaban J connectivity index is 0.000000493. The molecule has 10 nitrogen and oxygen atoms in total. The Hall–Kier alpha value is -3.92. The smallest absolute Gasteiger partial charge is 0.490 e. The number of likely N-dealkylation sites (tertiary alicyclic amines) is 1. The molecule has 2 aliphatic heterocycles. The summed E-state index contributed by atoms with van der Waals surface area (Å²) in [5.41, 5.74) is 5.05. The van der Waals surface area contributed by atoms with Crippen LogP contribution < -0.4 is 15.8 Å². The number of ether oxygens (including phenoxy) is 1. The number of carboxylic acids is 1. The van der Waals surface area contributed by atoms with Crippen molar-refractivity contribution in [3.05, 3.63) is 41.9 Å². The van der Waals surface area contributed by atoms with Crippen LogP contribution in [0.25, 0.3) is 22.0 Å². The van der Waals surface area contributed by atoms with Gasteiger partial charge in [0, 0.05) is 61.0 Å². The van der Waals surface area contributed by atoms with Gasteiger partial charge in [-0.25, -0.2) is 9.78 Å². The normalized spacial score (nSPS) is 17.0. The molecule has 5 rings (SSSR count). The van der Waals surface area contributed by atoms with Gasteiger partial charge in [-0.1, -0.05) is 0 Å². The highest BCUT2D eigenvalue weighted by Gasteiger charge is 2.38. The van der Waals surface area contributed by atoms with Crippen LogP contribution in [0.4, 0.5) is 26.3 Å². The van der Waals surface area contributed by atoms with Crippen LogP contribution in [0.5, 0.6) is 5.75 Å². The Morgan fingerprint density at radius 3 is 2.17 bits per heavy atom. The lowest BCUT2D eigenvalue weighted by molar-refractivity contribution is -0.192. The van der Waals surface area contributed by atoms with Gasteiger partial charge >= 0.3 is 18.3 Å². The minimum Gasteiger partial charge on any atom is -0.496 e. The van der Waals surface area contributed by atoms with Gasteiger partial charge in [0.2, 0.25) is 0 Å². The number of hydrogen-bond acceptors (Lipinski definition) is 7. The topological polar surface area (TPSA) is 136 Å². The van der Waals surface area contributed by atoms with Crippen molar-refractivity contribution in [2.45, 2.75) is 37.3 Å². The number of halogens is 6. The molecule has 0 atom stereocenters. The summed E-state index contributed by atoms with van der Waals surface area (Å²) in [6.45, 7) is 4.12. The molecular weight excluding hydrogens is 562 g/mol. The van der Waals surface area contributed by atoms with Crippen molar-refractivity contribution in [2.75, 3.05) is 33.3 Å². The van der Waals surface area contributed by atoms with Gasteiger partial charge in [-0.2, -0.15) is 31.4 Å². The SMILES string of the molecule is COc1cc2nn(C3CCN(C4CNC4)CC3)cc2cc1-c1ccc(C(F)(F)F)nc1C(N)=O.O=C(O)C(F)(F)F. The van der Waals surface area contributed by atoms with Crippen LogP contribution in [0, 0.1) is 0 Å². The van der Waals surface area contributed by atoms with Gasteiger partial charge in [0.25, 0.3) is 5.91 Å². The second-order valence-electron chi connectivity index (χ2n) is 9.56. The van der Waals surface area contributed by atoms with Gasteiger partial charge < -0.3 is 20.9 Å². The average molecular weight is 589 g/mol. The van der Waals surface area contributed by atoms with E-state index in [4.69, 9.17) is 25.5 Å². The number of piperidine rings is 1. The minimum atomic E-state index is -5.08. The van der Waals surface area contributed by atoms with E-state index >= 15 is 0 Å². The summed E-state index contributed by atoms with van der Waals surface area (Å²) < 4.78 is 78.6. The molecule has 41 heavy (non-hydrogen) atoms. The number of nitrogens with one attached hydrogen (secondary N) is 1. The number of carbonyl (C=O) groups is 2. The van der Waals surface area contributed by atoms with Crippen LogP contribution in [-0.2, 0) is 11.0 Å². The molecule has 0 radical (unpaired) electrons. The van der Waals surface area contributed by atoms with Crippen LogP contribution >= 0.6 is 0 Å². The van der Waals surface area contributed by atoms with E-state index in [-0.39, 0.29) is 11.6 Å². The summed E-state index contributed by atoms with van der Waals surface area (Å²) in [5, 5.41) is 16.0. The lowest BCUT2D eigenvalue weighted by Crippen LogP contribution is -2.58. The van der Waals surface area contributed by atoms with E-state index in [1.54, 1.807) is 12.1 Å². The van der Waals surface area contributed by atoms with Crippen LogP contribution in [0.2, 0.25) is 0 Å². The largest absolute Gasteiger partial charge is 0.496 e. The first-order valence-corrected chi connectivity index (χ1v) is 12.4. The third-order valence-electron chi connectivity index (χ3n) is 6.94. The number of primary amides is 1. The van der Waals surface area contributed by atoms with Gasteiger partial charge in [0.05, 0.1) is 18.7 Å². The zero-order valence-corrected chi connectivity index (χ0v) is 21.6. The lowest BCUT2D eigenvalue weighted by Gasteiger charge is -2.42. The van der Waals surface area contributed by atoms with Crippen molar-refractivity contribution in [3.8, 4) is 16.9 Å². The van der Waals surface area contributed by atoms with E-state index in [9.17, 15) is 31.1 Å². The second kappa shape index (κ2) is 11.5. The highest BCUT2D eigenvalue weighted by molar-refractivity contribution is 6.00. The number of aromatic nitrogens is 3. The molecular formula is C25H26F6N6O4. The maximum absolute atomic E-state index is 13.1. The van der Waals surface area contributed by atoms with E-state index in [0.717, 1.165) is 50.5 Å². The number of methoxy groups -OCH3 is 1. The number of pyridine rings is 1. The number of hydrogen-bond donors (Lipinski definition) is 3. The van der Waals surface area contributed by atoms with Gasteiger partial charge in [-0.05, 0) is 31.0 Å². The molecule has 4 N–H and O–H groups in total. The fourth-order valence-electron chi connectivity index (χ4n) is 4.71. The Labute approximate surface area is 229 Å². The minimum absolute atomic E-state index is 0.175. The van der Waals surface area contributed by atoms with Crippen LogP contribution in [-0.4, -0.2) is 82.2 Å². The second-order valence-corrected chi connectivity index (χ2v) is 9.56. The van der Waals surface area contributed by atoms with Crippen LogP contribution in [0.1, 0.15) is 35.1 Å². The van der Waals surface area contributed by atoms with Crippen LogP contribution in [0.3, 0.4) is 0 Å². The number of benzene rings is 1. The number of amides is 1. The molecule has 0 saturated carbocycles. The number of carboxylic acid groups (broad SMARTS) is 1. The molecule has 0 bridgehead atoms. The first-order valence-electron chi connectivity index (χ1n) is 12.4. The first kappa shape index (κ1) is 30.0. The number of nitrogens with two attached hydrogens (primary N) is 1. The predicted molar refractivity (Wildman–Crippen MR) is 133 cm³/mol. The zero-order valence-electron chi connectivity index (χ0n) is 21.6. The molecule has 222 valence electrons. The monoisotopic (exact) mass is 588 g/mol. The number of carbonyl (C=O) groups excluding carboxylic acids is 1. The van der Waals surface area contributed by atoms with E-state index in [1.165, 1.54) is 13.2 Å². The van der Waals surface area contributed by atoms with Crippen molar-refractivity contribution < 1.29 is 45.8 Å². The molecule has 2 fully saturated rings. The molecule has 2 saturated heterocycles. The molecule has 1 amide bonds. The van der Waals surface area contributed by atoms with Crippen molar-refractivity contribution in [2.24, 2.45) is 5.73 Å². The fraction of sp³-hybridized carbons (Fsp3) is 0.440. The van der Waals surface area contributed by atoms with Gasteiger partial charge in [-0.3, -0.25) is 14.4 Å². The summed E-state index contributed by atoms with van der Waals surface area (Å²) >= 11 is 0. The van der Waals surface area contributed by atoms with Crippen LogP contribution in [0.15, 0.2) is 30.5 Å². The Morgan fingerprint density at radius 2 is 1.68 bits per heavy atom. The van der Waals surface area contributed by atoms with E-state index in [2.05, 4.69) is 15.2 Å². The highest BCUT2D eigenvalue weighted by atomic mass is 19.4. The first-order chi connectivity index (χ1) is 19.2. The van der Waals surface area contributed by atoms with E-state index in [1.807, 2.05) is 10.9 Å². The number of alkyl halides is 6. The van der Waals surface area contributed by atoms with Gasteiger partial charge in [0.15, 0.2) is 0 Å². The third kappa shape index (κ3) is 6.70. The Morgan fingerprint density at radius 1 is 1.05 bits per heavy atom. The molecule has 4 heterocycles. The number of fused-ring (bicyclic) bond motifs is 1. The summed E-state index contributed by atoms with van der Waals surface area (Å²) in [7, 11) is 1.45. The average Bonchev–Trinajstić information content (AvgIpc) is 3.29. The van der Waals surface area contributed by atoms with Crippen molar-refractivity contribution >= 4 is 22.8 Å². The summed E-state index contributed by atoms with van der Waals surface area (Å²) in [5.74, 6) is -3.44. The zero-order chi connectivity index (χ0) is 30.1. The predicted octanol–water partition coefficient (Wildman–Crippen LogP) is 3.47. The standard InChI is InChI=1S/C23H25F3N6O2.C2HF3O2/c1-34-19-9-18-13(12-32(30-18)14-4-6-31(7-5-14)15-10-28-11-15)8-17(19)16-2-3-20(23(24,25)26)29-21(16)22(27)33;3-2(4,5)1(6)7/h2-3,8-9,12,14-15,28H,4-7,10-11H2,1H3,(H2,27,33);(H,6,7). The Kier molecular flexibility index (Phi) is 8.44. The third-order valence-corrected chi connectivity index (χ3v) is 6.94. The van der Waals surface area contributed by atoms with Gasteiger partial charge in [-0.15, -0.1) is 0 Å². The summed E-state index contributed by atoms with van der Waals surface area (Å²) in [6, 6.07) is 6.40. The molecule has 2 aliphatic rings. The molecule has 0 spiro atoms. The lowest BCUT2D eigenvalue weighted by atomic mass is 10.00. The number of aliphatic carboxylic acids is 1. The van der Waals surface area contributed by atoms with E-state index < -0.39 is 35.6 Å². The van der Waals surface area contributed by atoms with Crippen molar-refractivity contribution in [3.63, 3.8) is 0 Å². The molecule has 1 aromatic carbocycles. The summed E-state index contributed by atoms with van der Waals surface area (Å²) in [6.07, 6.45) is -5.86. The molecule has 16 heteroatoms. The number of nitrogens with zero attached hydrogens (tertiary/aromatic N) is 4. The van der Waals surface area contributed by atoms with Crippen molar-refractivity contribution in [1.82, 2.24) is 25.0 Å². The number of rotatable bonds is 5. The maximum Gasteiger partial charge on any atom is 0.490 e. The van der Waals surface area contributed by atoms with Crippen molar-refractivity contribution in [1.29, 1.82) is 0 Å². The summed E-state index contributed by atoms with van der Waals surface area (Å²) in [4.78, 5) is 26.9. The Bertz CT molecular complexity index is 1430. The molecule has 0 aliphatic carbocycles. The highest BCUT2D eigenvalue weighted by Crippen LogP contribution is 2.38. The molecule has 3 aromatic rings. The van der Waals surface area contributed by atoms with Gasteiger partial charge in [0.1, 0.15) is 17.1 Å². The molecule has 0 unspecified atom stereocenters. The molecule has 2 aromatic heterocycles. The maximum atomic E-state index is 13.1. The van der Waals surface area contributed by atoms with E-state index in [0.29, 0.717) is 22.9 Å².